The number of aryl methyl sites for hydroxylation is 1. The van der Waals surface area contributed by atoms with Gasteiger partial charge < -0.3 is 19.1 Å². The molecule has 1 aromatic carbocycles. The fourth-order valence-corrected chi connectivity index (χ4v) is 2.53. The highest BCUT2D eigenvalue weighted by atomic mass is 16.3. The lowest BCUT2D eigenvalue weighted by molar-refractivity contribution is 0.199. The molecule has 2 amide bonds. The molecule has 3 rings (SSSR count). The Balaban J connectivity index is 1.73. The molecule has 3 aromatic rings. The number of rotatable bonds is 5. The van der Waals surface area contributed by atoms with E-state index in [4.69, 9.17) is 8.83 Å². The zero-order valence-corrected chi connectivity index (χ0v) is 13.7. The minimum Gasteiger partial charge on any atom is -0.467 e. The predicted molar refractivity (Wildman–Crippen MR) is 90.4 cm³/mol. The second-order valence-corrected chi connectivity index (χ2v) is 5.68. The van der Waals surface area contributed by atoms with E-state index in [9.17, 15) is 4.79 Å². The average Bonchev–Trinajstić information content (AvgIpc) is 3.25. The number of urea groups is 1. The molecule has 124 valence electrons. The van der Waals surface area contributed by atoms with Gasteiger partial charge in [-0.1, -0.05) is 30.3 Å². The lowest BCUT2D eigenvalue weighted by Gasteiger charge is -2.22. The second kappa shape index (κ2) is 7.08. The van der Waals surface area contributed by atoms with Crippen molar-refractivity contribution in [2.24, 2.45) is 0 Å². The van der Waals surface area contributed by atoms with E-state index in [0.29, 0.717) is 12.3 Å². The smallest absolute Gasteiger partial charge is 0.318 e. The zero-order valence-electron chi connectivity index (χ0n) is 13.7. The normalized spacial score (nSPS) is 11.9. The van der Waals surface area contributed by atoms with Crippen LogP contribution in [0.3, 0.4) is 0 Å². The Morgan fingerprint density at radius 3 is 2.54 bits per heavy atom. The first kappa shape index (κ1) is 15.9. The summed E-state index contributed by atoms with van der Waals surface area (Å²) in [5.74, 6) is 2.27. The Morgan fingerprint density at radius 1 is 1.12 bits per heavy atom. The number of carbonyl (C=O) groups is 1. The summed E-state index contributed by atoms with van der Waals surface area (Å²) in [5.41, 5.74) is 0.961. The van der Waals surface area contributed by atoms with Crippen LogP contribution in [0, 0.1) is 6.92 Å². The van der Waals surface area contributed by atoms with Crippen LogP contribution >= 0.6 is 0 Å². The van der Waals surface area contributed by atoms with Crippen LogP contribution in [0.2, 0.25) is 0 Å². The van der Waals surface area contributed by atoms with E-state index < -0.39 is 0 Å². The van der Waals surface area contributed by atoms with Gasteiger partial charge in [-0.05, 0) is 36.8 Å². The van der Waals surface area contributed by atoms with Gasteiger partial charge in [-0.15, -0.1) is 0 Å². The highest BCUT2D eigenvalue weighted by Crippen LogP contribution is 2.22. The number of amides is 2. The minimum atomic E-state index is -0.338. The van der Waals surface area contributed by atoms with Gasteiger partial charge in [0.1, 0.15) is 23.3 Å². The number of hydrogen-bond acceptors (Lipinski definition) is 3. The van der Waals surface area contributed by atoms with E-state index in [2.05, 4.69) is 5.32 Å². The minimum absolute atomic E-state index is 0.200. The highest BCUT2D eigenvalue weighted by Gasteiger charge is 2.21. The van der Waals surface area contributed by atoms with Crippen molar-refractivity contribution in [2.75, 3.05) is 7.05 Å². The van der Waals surface area contributed by atoms with E-state index >= 15 is 0 Å². The van der Waals surface area contributed by atoms with Crippen molar-refractivity contribution in [1.82, 2.24) is 10.2 Å². The first-order valence-electron chi connectivity index (χ1n) is 7.79. The summed E-state index contributed by atoms with van der Waals surface area (Å²) < 4.78 is 11.0. The van der Waals surface area contributed by atoms with Crippen LogP contribution in [0.5, 0.6) is 0 Å². The molecular weight excluding hydrogens is 304 g/mol. The van der Waals surface area contributed by atoms with E-state index in [1.807, 2.05) is 61.5 Å². The second-order valence-electron chi connectivity index (χ2n) is 5.68. The van der Waals surface area contributed by atoms with Crippen molar-refractivity contribution in [3.05, 3.63) is 83.7 Å². The molecule has 1 N–H and O–H groups in total. The molecule has 1 atom stereocenters. The quantitative estimate of drug-likeness (QED) is 0.768. The fourth-order valence-electron chi connectivity index (χ4n) is 2.53. The summed E-state index contributed by atoms with van der Waals surface area (Å²) >= 11 is 0. The largest absolute Gasteiger partial charge is 0.467 e. The van der Waals surface area contributed by atoms with E-state index in [1.165, 1.54) is 0 Å². The monoisotopic (exact) mass is 324 g/mol. The predicted octanol–water partition coefficient (Wildman–Crippen LogP) is 4.11. The molecule has 0 saturated carbocycles. The average molecular weight is 324 g/mol. The number of carbonyl (C=O) groups excluding carboxylic acids is 1. The third-order valence-electron chi connectivity index (χ3n) is 3.76. The maximum Gasteiger partial charge on any atom is 0.318 e. The number of nitrogens with one attached hydrogen (secondary N) is 1. The molecule has 0 radical (unpaired) electrons. The Labute approximate surface area is 140 Å². The molecular formula is C19H20N2O3. The highest BCUT2D eigenvalue weighted by molar-refractivity contribution is 5.74. The molecule has 0 saturated heterocycles. The molecule has 0 aliphatic carbocycles. The van der Waals surface area contributed by atoms with Crippen molar-refractivity contribution in [3.8, 4) is 0 Å². The van der Waals surface area contributed by atoms with Crippen molar-refractivity contribution in [3.63, 3.8) is 0 Å². The van der Waals surface area contributed by atoms with Crippen molar-refractivity contribution in [1.29, 1.82) is 0 Å². The summed E-state index contributed by atoms with van der Waals surface area (Å²) in [6.07, 6.45) is 1.60. The molecule has 0 aliphatic rings. The number of hydrogen-bond donors (Lipinski definition) is 1. The molecule has 1 unspecified atom stereocenters. The lowest BCUT2D eigenvalue weighted by atomic mass is 10.0. The van der Waals surface area contributed by atoms with Gasteiger partial charge >= 0.3 is 6.03 Å². The molecule has 0 bridgehead atoms. The van der Waals surface area contributed by atoms with Crippen molar-refractivity contribution in [2.45, 2.75) is 19.5 Å². The Morgan fingerprint density at radius 2 is 1.92 bits per heavy atom. The standard InChI is InChI=1S/C19H20N2O3/c1-14-10-11-16(24-14)13-21(2)19(22)20-18(17-9-6-12-23-17)15-7-4-3-5-8-15/h3-12,18H,13H2,1-2H3,(H,20,22). The Bertz CT molecular complexity index is 778. The fraction of sp³-hybridized carbons (Fsp3) is 0.211. The van der Waals surface area contributed by atoms with Crippen LogP contribution < -0.4 is 5.32 Å². The SMILES string of the molecule is Cc1ccc(CN(C)C(=O)NC(c2ccccc2)c2ccco2)o1. The summed E-state index contributed by atoms with van der Waals surface area (Å²) in [5, 5.41) is 3.01. The molecule has 5 nitrogen and oxygen atoms in total. The van der Waals surface area contributed by atoms with Crippen LogP contribution in [0.25, 0.3) is 0 Å². The number of furan rings is 2. The maximum absolute atomic E-state index is 12.6. The molecule has 5 heteroatoms. The van der Waals surface area contributed by atoms with Gasteiger partial charge in [0, 0.05) is 7.05 Å². The van der Waals surface area contributed by atoms with Gasteiger partial charge in [-0.2, -0.15) is 0 Å². The molecule has 2 aromatic heterocycles. The summed E-state index contributed by atoms with van der Waals surface area (Å²) in [6, 6.07) is 16.6. The van der Waals surface area contributed by atoms with Crippen LogP contribution in [-0.4, -0.2) is 18.0 Å². The van der Waals surface area contributed by atoms with Crippen molar-refractivity contribution >= 4 is 6.03 Å². The first-order valence-corrected chi connectivity index (χ1v) is 7.79. The van der Waals surface area contributed by atoms with Gasteiger partial charge in [-0.3, -0.25) is 0 Å². The van der Waals surface area contributed by atoms with Crippen LogP contribution in [0.1, 0.15) is 28.9 Å². The van der Waals surface area contributed by atoms with Gasteiger partial charge in [0.05, 0.1) is 12.8 Å². The number of benzene rings is 1. The third kappa shape index (κ3) is 3.68. The molecule has 0 spiro atoms. The van der Waals surface area contributed by atoms with Gasteiger partial charge in [0.15, 0.2) is 0 Å². The Kier molecular flexibility index (Phi) is 4.70. The van der Waals surface area contributed by atoms with E-state index in [1.54, 1.807) is 18.2 Å². The number of nitrogens with zero attached hydrogens (tertiary/aromatic N) is 1. The van der Waals surface area contributed by atoms with Crippen molar-refractivity contribution < 1.29 is 13.6 Å². The summed E-state index contributed by atoms with van der Waals surface area (Å²) in [4.78, 5) is 14.1. The van der Waals surface area contributed by atoms with E-state index in [-0.39, 0.29) is 12.1 Å². The van der Waals surface area contributed by atoms with Gasteiger partial charge in [0.2, 0.25) is 0 Å². The molecule has 2 heterocycles. The molecule has 0 aliphatic heterocycles. The third-order valence-corrected chi connectivity index (χ3v) is 3.76. The zero-order chi connectivity index (χ0) is 16.9. The van der Waals surface area contributed by atoms with Gasteiger partial charge in [0.25, 0.3) is 0 Å². The summed E-state index contributed by atoms with van der Waals surface area (Å²) in [6.45, 7) is 2.28. The van der Waals surface area contributed by atoms with Gasteiger partial charge in [-0.25, -0.2) is 4.79 Å². The lowest BCUT2D eigenvalue weighted by Crippen LogP contribution is -2.39. The van der Waals surface area contributed by atoms with Crippen LogP contribution in [-0.2, 0) is 6.54 Å². The van der Waals surface area contributed by atoms with Crippen LogP contribution in [0.15, 0.2) is 69.7 Å². The van der Waals surface area contributed by atoms with Crippen LogP contribution in [0.4, 0.5) is 4.79 Å². The maximum atomic E-state index is 12.6. The first-order chi connectivity index (χ1) is 11.6. The van der Waals surface area contributed by atoms with E-state index in [0.717, 1.165) is 17.1 Å². The molecule has 0 fully saturated rings. The summed E-state index contributed by atoms with van der Waals surface area (Å²) in [7, 11) is 1.73. The molecule has 24 heavy (non-hydrogen) atoms. The Hall–Kier alpha value is -2.95. The topological polar surface area (TPSA) is 58.6 Å².